The predicted molar refractivity (Wildman–Crippen MR) is 88.0 cm³/mol. The summed E-state index contributed by atoms with van der Waals surface area (Å²) in [7, 11) is 0. The molecule has 23 heavy (non-hydrogen) atoms. The number of piperidine rings is 1. The Morgan fingerprint density at radius 3 is 2.96 bits per heavy atom. The zero-order chi connectivity index (χ0) is 16.4. The van der Waals surface area contributed by atoms with Gasteiger partial charge in [-0.1, -0.05) is 6.92 Å². The molecule has 1 saturated heterocycles. The van der Waals surface area contributed by atoms with Gasteiger partial charge in [-0.3, -0.25) is 9.78 Å². The Labute approximate surface area is 135 Å². The first kappa shape index (κ1) is 15.3. The fourth-order valence-electron chi connectivity index (χ4n) is 3.33. The summed E-state index contributed by atoms with van der Waals surface area (Å²) in [5.74, 6) is 0.186. The van der Waals surface area contributed by atoms with Crippen molar-refractivity contribution < 1.29 is 9.53 Å². The molecule has 0 amide bonds. The fourth-order valence-corrected chi connectivity index (χ4v) is 3.33. The van der Waals surface area contributed by atoms with E-state index in [-0.39, 0.29) is 12.1 Å². The van der Waals surface area contributed by atoms with Gasteiger partial charge in [0.2, 0.25) is 0 Å². The second-order valence-electron chi connectivity index (χ2n) is 6.12. The molecular weight excluding hydrogens is 290 g/mol. The first-order valence-electron chi connectivity index (χ1n) is 7.78. The molecule has 0 radical (unpaired) electrons. The molecule has 1 aromatic carbocycles. The standard InChI is InChI=1S/C18H19N3O2/c1-12-8-15(23-13(2)22)11-21(10-12)17-6-5-14(9-19)18-16(17)4-3-7-20-18/h3-7,12,15H,8,10-11H2,1-2H3/t12-,15-/m0/s1. The number of hydrogen-bond acceptors (Lipinski definition) is 5. The largest absolute Gasteiger partial charge is 0.461 e. The van der Waals surface area contributed by atoms with E-state index in [4.69, 9.17) is 4.74 Å². The molecule has 2 heterocycles. The smallest absolute Gasteiger partial charge is 0.302 e. The Bertz CT molecular complexity index is 781. The minimum Gasteiger partial charge on any atom is -0.461 e. The fraction of sp³-hybridized carbons (Fsp3) is 0.389. The summed E-state index contributed by atoms with van der Waals surface area (Å²) < 4.78 is 5.42. The number of benzene rings is 1. The summed E-state index contributed by atoms with van der Waals surface area (Å²) in [6.45, 7) is 5.17. The van der Waals surface area contributed by atoms with Crippen molar-refractivity contribution in [1.82, 2.24) is 4.98 Å². The molecule has 118 valence electrons. The molecule has 5 heteroatoms. The number of rotatable bonds is 2. The zero-order valence-electron chi connectivity index (χ0n) is 13.3. The molecule has 1 fully saturated rings. The van der Waals surface area contributed by atoms with Crippen LogP contribution < -0.4 is 4.90 Å². The Kier molecular flexibility index (Phi) is 4.16. The SMILES string of the molecule is CC(=O)O[C@H]1C[C@H](C)CN(c2ccc(C#N)c3ncccc23)C1. The van der Waals surface area contributed by atoms with Crippen molar-refractivity contribution in [3.63, 3.8) is 0 Å². The lowest BCUT2D eigenvalue weighted by molar-refractivity contribution is -0.147. The van der Waals surface area contributed by atoms with Gasteiger partial charge >= 0.3 is 5.97 Å². The molecule has 0 spiro atoms. The van der Waals surface area contributed by atoms with Gasteiger partial charge in [-0.15, -0.1) is 0 Å². The third kappa shape index (κ3) is 3.11. The van der Waals surface area contributed by atoms with Crippen LogP contribution in [0.3, 0.4) is 0 Å². The van der Waals surface area contributed by atoms with Crippen LogP contribution in [-0.2, 0) is 9.53 Å². The summed E-state index contributed by atoms with van der Waals surface area (Å²) in [6, 6.07) is 9.83. The van der Waals surface area contributed by atoms with Crippen molar-refractivity contribution in [2.24, 2.45) is 5.92 Å². The number of ether oxygens (including phenoxy) is 1. The number of fused-ring (bicyclic) bond motifs is 1. The molecule has 1 aromatic heterocycles. The van der Waals surface area contributed by atoms with Gasteiger partial charge in [0.05, 0.1) is 17.6 Å². The first-order valence-corrected chi connectivity index (χ1v) is 7.78. The molecule has 0 aliphatic carbocycles. The highest BCUT2D eigenvalue weighted by atomic mass is 16.5. The maximum atomic E-state index is 11.3. The molecule has 0 bridgehead atoms. The Balaban J connectivity index is 1.99. The minimum atomic E-state index is -0.240. The van der Waals surface area contributed by atoms with Crippen LogP contribution in [0.4, 0.5) is 5.69 Å². The Morgan fingerprint density at radius 1 is 1.39 bits per heavy atom. The molecule has 1 aliphatic heterocycles. The highest BCUT2D eigenvalue weighted by Crippen LogP contribution is 2.31. The van der Waals surface area contributed by atoms with Gasteiger partial charge in [0.25, 0.3) is 0 Å². The molecule has 0 N–H and O–H groups in total. The number of anilines is 1. The lowest BCUT2D eigenvalue weighted by Gasteiger charge is -2.37. The molecule has 0 unspecified atom stereocenters. The van der Waals surface area contributed by atoms with E-state index in [2.05, 4.69) is 22.9 Å². The van der Waals surface area contributed by atoms with Gasteiger partial charge in [0.15, 0.2) is 0 Å². The van der Waals surface area contributed by atoms with Crippen molar-refractivity contribution in [3.8, 4) is 6.07 Å². The van der Waals surface area contributed by atoms with E-state index in [0.717, 1.165) is 29.6 Å². The van der Waals surface area contributed by atoms with Crippen molar-refractivity contribution in [2.45, 2.75) is 26.4 Å². The van der Waals surface area contributed by atoms with Crippen molar-refractivity contribution in [3.05, 3.63) is 36.0 Å². The third-order valence-electron chi connectivity index (χ3n) is 4.16. The number of carbonyl (C=O) groups is 1. The van der Waals surface area contributed by atoms with E-state index in [1.54, 1.807) is 6.20 Å². The van der Waals surface area contributed by atoms with Gasteiger partial charge in [0.1, 0.15) is 12.2 Å². The number of hydrogen-bond donors (Lipinski definition) is 0. The van der Waals surface area contributed by atoms with Gasteiger partial charge in [-0.25, -0.2) is 0 Å². The lowest BCUT2D eigenvalue weighted by atomic mass is 9.96. The molecule has 3 rings (SSSR count). The van der Waals surface area contributed by atoms with Crippen LogP contribution in [0.1, 0.15) is 25.8 Å². The number of nitrogens with zero attached hydrogens (tertiary/aromatic N) is 3. The van der Waals surface area contributed by atoms with E-state index >= 15 is 0 Å². The first-order chi connectivity index (χ1) is 11.1. The second kappa shape index (κ2) is 6.25. The monoisotopic (exact) mass is 309 g/mol. The maximum Gasteiger partial charge on any atom is 0.302 e. The van der Waals surface area contributed by atoms with E-state index in [9.17, 15) is 10.1 Å². The van der Waals surface area contributed by atoms with Crippen molar-refractivity contribution in [1.29, 1.82) is 5.26 Å². The van der Waals surface area contributed by atoms with Gasteiger partial charge < -0.3 is 9.64 Å². The topological polar surface area (TPSA) is 66.2 Å². The normalized spacial score (nSPS) is 21.0. The third-order valence-corrected chi connectivity index (χ3v) is 4.16. The lowest BCUT2D eigenvalue weighted by Crippen LogP contribution is -2.44. The quantitative estimate of drug-likeness (QED) is 0.798. The van der Waals surface area contributed by atoms with Crippen LogP contribution in [-0.4, -0.2) is 30.1 Å². The number of pyridine rings is 1. The predicted octanol–water partition coefficient (Wildman–Crippen LogP) is 2.88. The summed E-state index contributed by atoms with van der Waals surface area (Å²) in [5.41, 5.74) is 2.33. The number of carbonyl (C=O) groups excluding carboxylic acids is 1. The van der Waals surface area contributed by atoms with Gasteiger partial charge in [-0.2, -0.15) is 5.26 Å². The van der Waals surface area contributed by atoms with Crippen LogP contribution in [0, 0.1) is 17.2 Å². The highest BCUT2D eigenvalue weighted by Gasteiger charge is 2.28. The molecule has 2 aromatic rings. The van der Waals surface area contributed by atoms with E-state index in [0.29, 0.717) is 18.0 Å². The molecule has 2 atom stereocenters. The molecular formula is C18H19N3O2. The van der Waals surface area contributed by atoms with Gasteiger partial charge in [-0.05, 0) is 36.6 Å². The molecule has 0 saturated carbocycles. The Morgan fingerprint density at radius 2 is 2.22 bits per heavy atom. The van der Waals surface area contributed by atoms with Crippen LogP contribution in [0.15, 0.2) is 30.5 Å². The number of nitriles is 1. The van der Waals surface area contributed by atoms with Crippen LogP contribution >= 0.6 is 0 Å². The maximum absolute atomic E-state index is 11.3. The van der Waals surface area contributed by atoms with E-state index in [1.165, 1.54) is 6.92 Å². The summed E-state index contributed by atoms with van der Waals surface area (Å²) in [4.78, 5) is 17.9. The van der Waals surface area contributed by atoms with Crippen LogP contribution in [0.25, 0.3) is 10.9 Å². The average molecular weight is 309 g/mol. The van der Waals surface area contributed by atoms with Crippen molar-refractivity contribution >= 4 is 22.6 Å². The molecule has 5 nitrogen and oxygen atoms in total. The second-order valence-corrected chi connectivity index (χ2v) is 6.12. The highest BCUT2D eigenvalue weighted by molar-refractivity contribution is 5.95. The van der Waals surface area contributed by atoms with Crippen LogP contribution in [0.5, 0.6) is 0 Å². The van der Waals surface area contributed by atoms with Crippen LogP contribution in [0.2, 0.25) is 0 Å². The Hall–Kier alpha value is -2.61. The number of esters is 1. The van der Waals surface area contributed by atoms with E-state index in [1.807, 2.05) is 24.3 Å². The summed E-state index contributed by atoms with van der Waals surface area (Å²) in [6.07, 6.45) is 2.48. The number of aromatic nitrogens is 1. The van der Waals surface area contributed by atoms with Gasteiger partial charge in [0, 0.05) is 30.7 Å². The summed E-state index contributed by atoms with van der Waals surface area (Å²) in [5, 5.41) is 10.2. The molecule has 1 aliphatic rings. The average Bonchev–Trinajstić information content (AvgIpc) is 2.52. The summed E-state index contributed by atoms with van der Waals surface area (Å²) >= 11 is 0. The minimum absolute atomic E-state index is 0.0985. The van der Waals surface area contributed by atoms with Crippen molar-refractivity contribution in [2.75, 3.05) is 18.0 Å². The zero-order valence-corrected chi connectivity index (χ0v) is 13.3. The van der Waals surface area contributed by atoms with E-state index < -0.39 is 0 Å².